The van der Waals surface area contributed by atoms with Gasteiger partial charge in [0.25, 0.3) is 0 Å². The maximum Gasteiger partial charge on any atom is 0.224 e. The molecule has 1 saturated carbocycles. The van der Waals surface area contributed by atoms with Crippen molar-refractivity contribution in [1.82, 2.24) is 10.2 Å². The summed E-state index contributed by atoms with van der Waals surface area (Å²) in [5, 5.41) is 3.16. The molecule has 0 bridgehead atoms. The normalized spacial score (nSPS) is 36.0. The van der Waals surface area contributed by atoms with Gasteiger partial charge in [-0.2, -0.15) is 0 Å². The van der Waals surface area contributed by atoms with Crippen LogP contribution in [0.4, 0.5) is 0 Å². The van der Waals surface area contributed by atoms with E-state index >= 15 is 0 Å². The van der Waals surface area contributed by atoms with Gasteiger partial charge in [0.05, 0.1) is 30.3 Å². The van der Waals surface area contributed by atoms with Crippen LogP contribution in [0.25, 0.3) is 0 Å². The van der Waals surface area contributed by atoms with Crippen LogP contribution in [0.1, 0.15) is 32.1 Å². The average molecular weight is 316 g/mol. The number of amides is 1. The van der Waals surface area contributed by atoms with Crippen LogP contribution in [0.15, 0.2) is 0 Å². The fraction of sp³-hybridized carbons (Fsp3) is 0.929. The van der Waals surface area contributed by atoms with Crippen LogP contribution in [-0.2, 0) is 19.4 Å². The predicted molar refractivity (Wildman–Crippen MR) is 78.8 cm³/mol. The summed E-state index contributed by atoms with van der Waals surface area (Å²) in [7, 11) is -2.99. The molecular formula is C14H24N2O4S. The van der Waals surface area contributed by atoms with Crippen LogP contribution in [0, 0.1) is 0 Å². The fourth-order valence-electron chi connectivity index (χ4n) is 3.73. The highest BCUT2D eigenvalue weighted by atomic mass is 32.2. The molecule has 0 radical (unpaired) electrons. The molecule has 2 saturated heterocycles. The van der Waals surface area contributed by atoms with Gasteiger partial charge < -0.3 is 15.0 Å². The van der Waals surface area contributed by atoms with Crippen molar-refractivity contribution in [2.24, 2.45) is 0 Å². The number of carbonyl (C=O) groups is 1. The first-order chi connectivity index (χ1) is 10.1. The van der Waals surface area contributed by atoms with E-state index in [4.69, 9.17) is 4.74 Å². The number of morpholine rings is 1. The first-order valence-electron chi connectivity index (χ1n) is 7.90. The number of ether oxygens (including phenoxy) is 1. The number of rotatable bonds is 2. The van der Waals surface area contributed by atoms with Crippen molar-refractivity contribution in [1.29, 1.82) is 0 Å². The van der Waals surface area contributed by atoms with Gasteiger partial charge in [0, 0.05) is 25.6 Å². The van der Waals surface area contributed by atoms with Crippen molar-refractivity contribution in [3.63, 3.8) is 0 Å². The third-order valence-electron chi connectivity index (χ3n) is 4.77. The molecule has 1 N–H and O–H groups in total. The lowest BCUT2D eigenvalue weighted by Gasteiger charge is -2.44. The summed E-state index contributed by atoms with van der Waals surface area (Å²) in [4.78, 5) is 14.5. The average Bonchev–Trinajstić information content (AvgIpc) is 2.45. The lowest BCUT2D eigenvalue weighted by Crippen LogP contribution is -2.56. The van der Waals surface area contributed by atoms with Crippen LogP contribution in [0.3, 0.4) is 0 Å². The highest BCUT2D eigenvalue weighted by molar-refractivity contribution is 7.91. The zero-order chi connectivity index (χ0) is 14.9. The first-order valence-corrected chi connectivity index (χ1v) is 9.72. The Labute approximate surface area is 126 Å². The molecular weight excluding hydrogens is 292 g/mol. The van der Waals surface area contributed by atoms with E-state index in [1.165, 1.54) is 6.42 Å². The van der Waals surface area contributed by atoms with E-state index in [2.05, 4.69) is 5.32 Å². The highest BCUT2D eigenvalue weighted by Gasteiger charge is 2.37. The smallest absolute Gasteiger partial charge is 0.224 e. The van der Waals surface area contributed by atoms with Gasteiger partial charge in [-0.05, 0) is 12.8 Å². The Morgan fingerprint density at radius 3 is 2.90 bits per heavy atom. The van der Waals surface area contributed by atoms with Crippen molar-refractivity contribution in [3.05, 3.63) is 0 Å². The molecule has 21 heavy (non-hydrogen) atoms. The molecule has 1 aliphatic carbocycles. The lowest BCUT2D eigenvalue weighted by molar-refractivity contribution is -0.149. The molecule has 1 amide bonds. The standard InChI is InChI=1S/C14H24N2O4S/c17-14(9-11-10-21(18,19)8-5-15-11)16-6-7-20-13-4-2-1-3-12(13)16/h11-13,15H,1-10H2. The van der Waals surface area contributed by atoms with Crippen molar-refractivity contribution >= 4 is 15.7 Å². The topological polar surface area (TPSA) is 75.7 Å². The SMILES string of the molecule is O=C(CC1CS(=O)(=O)CCN1)N1CCOC2CCCCC21. The van der Waals surface area contributed by atoms with Gasteiger partial charge in [0.1, 0.15) is 0 Å². The van der Waals surface area contributed by atoms with Gasteiger partial charge in [-0.25, -0.2) is 8.42 Å². The van der Waals surface area contributed by atoms with E-state index in [0.717, 1.165) is 19.3 Å². The van der Waals surface area contributed by atoms with Gasteiger partial charge in [0.2, 0.25) is 5.91 Å². The Bertz CT molecular complexity index is 491. The summed E-state index contributed by atoms with van der Waals surface area (Å²) in [6.07, 6.45) is 4.81. The maximum atomic E-state index is 12.6. The molecule has 3 aliphatic rings. The van der Waals surface area contributed by atoms with Gasteiger partial charge >= 0.3 is 0 Å². The van der Waals surface area contributed by atoms with Crippen molar-refractivity contribution < 1.29 is 17.9 Å². The van der Waals surface area contributed by atoms with Crippen molar-refractivity contribution in [2.75, 3.05) is 31.2 Å². The van der Waals surface area contributed by atoms with E-state index in [1.807, 2.05) is 4.90 Å². The van der Waals surface area contributed by atoms with E-state index in [-0.39, 0.29) is 42.0 Å². The lowest BCUT2D eigenvalue weighted by atomic mass is 9.90. The molecule has 3 atom stereocenters. The number of hydrogen-bond acceptors (Lipinski definition) is 5. The van der Waals surface area contributed by atoms with E-state index in [9.17, 15) is 13.2 Å². The predicted octanol–water partition coefficient (Wildman–Crippen LogP) is -0.0669. The second-order valence-electron chi connectivity index (χ2n) is 6.32. The molecule has 2 heterocycles. The molecule has 2 aliphatic heterocycles. The Morgan fingerprint density at radius 2 is 2.10 bits per heavy atom. The third kappa shape index (κ3) is 3.57. The Hall–Kier alpha value is -0.660. The number of nitrogens with zero attached hydrogens (tertiary/aromatic N) is 1. The summed E-state index contributed by atoms with van der Waals surface area (Å²) in [5.41, 5.74) is 0. The Kier molecular flexibility index (Phi) is 4.51. The summed E-state index contributed by atoms with van der Waals surface area (Å²) in [5.74, 6) is 0.335. The molecule has 7 heteroatoms. The number of fused-ring (bicyclic) bond motifs is 1. The molecule has 3 rings (SSSR count). The molecule has 3 fully saturated rings. The summed E-state index contributed by atoms with van der Waals surface area (Å²) >= 11 is 0. The van der Waals surface area contributed by atoms with E-state index in [0.29, 0.717) is 19.7 Å². The Balaban J connectivity index is 1.61. The summed E-state index contributed by atoms with van der Waals surface area (Å²) in [6, 6.07) is -0.0404. The second-order valence-corrected chi connectivity index (χ2v) is 8.55. The number of nitrogens with one attached hydrogen (secondary N) is 1. The Morgan fingerprint density at radius 1 is 1.29 bits per heavy atom. The van der Waals surface area contributed by atoms with E-state index in [1.54, 1.807) is 0 Å². The first kappa shape index (κ1) is 15.2. The summed E-state index contributed by atoms with van der Waals surface area (Å²) < 4.78 is 29.1. The maximum absolute atomic E-state index is 12.6. The number of carbonyl (C=O) groups excluding carboxylic acids is 1. The minimum Gasteiger partial charge on any atom is -0.374 e. The van der Waals surface area contributed by atoms with Crippen LogP contribution in [0.5, 0.6) is 0 Å². The number of hydrogen-bond donors (Lipinski definition) is 1. The molecule has 0 spiro atoms. The zero-order valence-electron chi connectivity index (χ0n) is 12.3. The molecule has 3 unspecified atom stereocenters. The van der Waals surface area contributed by atoms with E-state index < -0.39 is 9.84 Å². The van der Waals surface area contributed by atoms with Crippen LogP contribution in [0.2, 0.25) is 0 Å². The van der Waals surface area contributed by atoms with Crippen LogP contribution in [-0.4, -0.2) is 68.6 Å². The zero-order valence-corrected chi connectivity index (χ0v) is 13.1. The minimum absolute atomic E-state index is 0.0739. The van der Waals surface area contributed by atoms with Crippen molar-refractivity contribution in [2.45, 2.75) is 50.3 Å². The molecule has 0 aromatic carbocycles. The van der Waals surface area contributed by atoms with Gasteiger partial charge in [0.15, 0.2) is 9.84 Å². The second kappa shape index (κ2) is 6.22. The third-order valence-corrected chi connectivity index (χ3v) is 6.51. The fourth-order valence-corrected chi connectivity index (χ4v) is 5.18. The summed E-state index contributed by atoms with van der Waals surface area (Å²) in [6.45, 7) is 1.69. The quantitative estimate of drug-likeness (QED) is 0.772. The minimum atomic E-state index is -2.99. The van der Waals surface area contributed by atoms with Crippen molar-refractivity contribution in [3.8, 4) is 0 Å². The van der Waals surface area contributed by atoms with Crippen LogP contribution < -0.4 is 5.32 Å². The molecule has 6 nitrogen and oxygen atoms in total. The van der Waals surface area contributed by atoms with Gasteiger partial charge in [-0.15, -0.1) is 0 Å². The van der Waals surface area contributed by atoms with Gasteiger partial charge in [-0.1, -0.05) is 12.8 Å². The molecule has 0 aromatic rings. The van der Waals surface area contributed by atoms with Gasteiger partial charge in [-0.3, -0.25) is 4.79 Å². The van der Waals surface area contributed by atoms with Crippen LogP contribution >= 0.6 is 0 Å². The monoisotopic (exact) mass is 316 g/mol. The largest absolute Gasteiger partial charge is 0.374 e. The highest BCUT2D eigenvalue weighted by Crippen LogP contribution is 2.29. The molecule has 120 valence electrons. The number of sulfone groups is 1. The molecule has 0 aromatic heterocycles.